The first-order valence-electron chi connectivity index (χ1n) is 22.1. The summed E-state index contributed by atoms with van der Waals surface area (Å²) >= 11 is 0. The van der Waals surface area contributed by atoms with Crippen LogP contribution < -0.4 is 25.6 Å². The van der Waals surface area contributed by atoms with Gasteiger partial charge in [-0.2, -0.15) is 0 Å². The molecule has 2 aliphatic rings. The fourth-order valence-corrected chi connectivity index (χ4v) is 17.7. The number of hydrogen-bond donors (Lipinski definition) is 0. The van der Waals surface area contributed by atoms with Gasteiger partial charge in [0.15, 0.2) is 0 Å². The van der Waals surface area contributed by atoms with E-state index in [2.05, 4.69) is 242 Å². The molecule has 0 N–H and O–H groups in total. The predicted octanol–water partition coefficient (Wildman–Crippen LogP) is 12.9. The second-order valence-corrected chi connectivity index (χ2v) is 27.8. The Morgan fingerprint density at radius 1 is 0.387 bits per heavy atom. The molecular formula is C58H47N2Si2-. The molecule has 0 spiro atoms. The van der Waals surface area contributed by atoms with Crippen LogP contribution in [0.2, 0.25) is 26.2 Å². The van der Waals surface area contributed by atoms with Gasteiger partial charge in [0.25, 0.3) is 0 Å². The minimum absolute atomic E-state index is 1.13. The van der Waals surface area contributed by atoms with Crippen molar-refractivity contribution in [1.82, 2.24) is 4.57 Å². The Kier molecular flexibility index (Phi) is 8.18. The van der Waals surface area contributed by atoms with Crippen LogP contribution in [0.4, 0.5) is 17.1 Å². The van der Waals surface area contributed by atoms with Crippen molar-refractivity contribution >= 4 is 75.8 Å². The van der Waals surface area contributed by atoms with Gasteiger partial charge in [-0.1, -0.05) is 67.7 Å². The number of fused-ring (bicyclic) bond motifs is 9. The van der Waals surface area contributed by atoms with Gasteiger partial charge in [-0.3, -0.25) is 0 Å². The number of rotatable bonds is 6. The summed E-state index contributed by atoms with van der Waals surface area (Å²) in [5, 5.41) is 8.71. The van der Waals surface area contributed by atoms with Gasteiger partial charge in [0, 0.05) is 11.1 Å². The van der Waals surface area contributed by atoms with Crippen molar-refractivity contribution in [2.75, 3.05) is 4.90 Å². The van der Waals surface area contributed by atoms with Gasteiger partial charge in [0.05, 0.1) is 11.0 Å². The summed E-state index contributed by atoms with van der Waals surface area (Å²) in [7, 11) is -3.87. The topological polar surface area (TPSA) is 8.17 Å². The molecule has 10 aromatic rings. The predicted molar refractivity (Wildman–Crippen MR) is 272 cm³/mol. The van der Waals surface area contributed by atoms with Gasteiger partial charge in [-0.15, -0.1) is 0 Å². The first-order valence-corrected chi connectivity index (χ1v) is 28.5. The van der Waals surface area contributed by atoms with Gasteiger partial charge in [-0.25, -0.2) is 0 Å². The number of hydrogen-bond acceptors (Lipinski definition) is 1. The molecule has 0 fully saturated rings. The number of anilines is 3. The first-order chi connectivity index (χ1) is 30.3. The Hall–Kier alpha value is -6.99. The summed E-state index contributed by atoms with van der Waals surface area (Å²) in [6.07, 6.45) is 0. The average Bonchev–Trinajstić information content (AvgIpc) is 3.86. The molecule has 0 unspecified atom stereocenters. The van der Waals surface area contributed by atoms with E-state index in [0.717, 1.165) is 11.4 Å². The molecule has 0 amide bonds. The summed E-state index contributed by atoms with van der Waals surface area (Å²) in [6.45, 7) is 10.0. The van der Waals surface area contributed by atoms with E-state index >= 15 is 0 Å². The molecule has 0 saturated carbocycles. The van der Waals surface area contributed by atoms with Crippen molar-refractivity contribution in [2.24, 2.45) is 0 Å². The third kappa shape index (κ3) is 5.53. The zero-order chi connectivity index (χ0) is 41.7. The van der Waals surface area contributed by atoms with Crippen molar-refractivity contribution in [3.05, 3.63) is 206 Å². The van der Waals surface area contributed by atoms with Gasteiger partial charge in [-0.05, 0) is 39.7 Å². The molecule has 0 radical (unpaired) electrons. The fraction of sp³-hybridized carbons (Fsp3) is 0.0690. The second-order valence-electron chi connectivity index (χ2n) is 18.5. The quantitative estimate of drug-likeness (QED) is 0.152. The molecule has 1 aromatic heterocycles. The molecule has 298 valence electrons. The monoisotopic (exact) mass is 827 g/mol. The van der Waals surface area contributed by atoms with Gasteiger partial charge in [0.2, 0.25) is 0 Å². The van der Waals surface area contributed by atoms with E-state index in [1.165, 1.54) is 88.1 Å². The Bertz CT molecular complexity index is 3400. The number of benzene rings is 9. The molecule has 2 nitrogen and oxygen atoms in total. The van der Waals surface area contributed by atoms with E-state index in [4.69, 9.17) is 0 Å². The standard InChI is InChI=1S/C58H47N2Si2/c1-61(2)55-20-12-9-17-48(55)51-37-45(31-34-57(51)61)59(43-27-22-40(23-28-43)39-14-6-5-7-15-39)44-29-24-41(25-30-44)42-26-33-54-50(36-42)47-16-8-11-19-53(47)60(54)46-32-35-58-52(38-46)49-18-10-13-21-56(49)62(58,3)4/h5-38,61H,1-4H3/q-1. The van der Waals surface area contributed by atoms with E-state index in [1.54, 1.807) is 10.4 Å². The van der Waals surface area contributed by atoms with E-state index in [0.29, 0.717) is 0 Å². The summed E-state index contributed by atoms with van der Waals surface area (Å²) in [6, 6.07) is 77.3. The van der Waals surface area contributed by atoms with Gasteiger partial charge < -0.3 is 4.57 Å². The molecule has 3 heterocycles. The van der Waals surface area contributed by atoms with Crippen LogP contribution in [-0.2, 0) is 0 Å². The molecule has 9 aromatic carbocycles. The summed E-state index contributed by atoms with van der Waals surface area (Å²) in [5.74, 6) is 0. The fourth-order valence-electron chi connectivity index (χ4n) is 11.0. The van der Waals surface area contributed by atoms with E-state index in [1.807, 2.05) is 0 Å². The smallest absolute Gasteiger partial charge is 0.0599 e. The molecular weight excluding hydrogens is 781 g/mol. The maximum absolute atomic E-state index is 2.51. The molecule has 4 heteroatoms. The molecule has 12 rings (SSSR count). The zero-order valence-electron chi connectivity index (χ0n) is 35.6. The number of aromatic nitrogens is 1. The van der Waals surface area contributed by atoms with Gasteiger partial charge in [0.1, 0.15) is 8.07 Å². The Morgan fingerprint density at radius 2 is 0.952 bits per heavy atom. The van der Waals surface area contributed by atoms with Crippen molar-refractivity contribution in [3.8, 4) is 50.2 Å². The van der Waals surface area contributed by atoms with Crippen molar-refractivity contribution in [2.45, 2.75) is 26.2 Å². The second kappa shape index (κ2) is 13.8. The van der Waals surface area contributed by atoms with Crippen LogP contribution in [0.15, 0.2) is 206 Å². The summed E-state index contributed by atoms with van der Waals surface area (Å²) in [4.78, 5) is 2.42. The van der Waals surface area contributed by atoms with Crippen molar-refractivity contribution in [3.63, 3.8) is 0 Å². The van der Waals surface area contributed by atoms with E-state index < -0.39 is 16.1 Å². The van der Waals surface area contributed by atoms with Crippen LogP contribution in [0.5, 0.6) is 0 Å². The molecule has 2 aliphatic heterocycles. The van der Waals surface area contributed by atoms with Crippen LogP contribution >= 0.6 is 0 Å². The third-order valence-electron chi connectivity index (χ3n) is 14.3. The third-order valence-corrected chi connectivity index (χ3v) is 22.0. The number of para-hydroxylation sites is 1. The Morgan fingerprint density at radius 3 is 1.73 bits per heavy atom. The average molecular weight is 828 g/mol. The summed E-state index contributed by atoms with van der Waals surface area (Å²) in [5.41, 5.74) is 17.6. The minimum atomic E-state index is -2.13. The molecule has 62 heavy (non-hydrogen) atoms. The van der Waals surface area contributed by atoms with E-state index in [9.17, 15) is 0 Å². The molecule has 0 bridgehead atoms. The van der Waals surface area contributed by atoms with Crippen LogP contribution in [0.3, 0.4) is 0 Å². The zero-order valence-corrected chi connectivity index (χ0v) is 37.8. The maximum atomic E-state index is 2.51. The van der Waals surface area contributed by atoms with Crippen LogP contribution in [-0.4, -0.2) is 20.7 Å². The molecule has 0 aliphatic carbocycles. The molecule has 0 atom stereocenters. The Labute approximate surface area is 366 Å². The van der Waals surface area contributed by atoms with Crippen molar-refractivity contribution in [1.29, 1.82) is 0 Å². The van der Waals surface area contributed by atoms with E-state index in [-0.39, 0.29) is 0 Å². The van der Waals surface area contributed by atoms with Gasteiger partial charge >= 0.3 is 226 Å². The summed E-state index contributed by atoms with van der Waals surface area (Å²) < 4.78 is 2.47. The van der Waals surface area contributed by atoms with Crippen molar-refractivity contribution < 1.29 is 0 Å². The Balaban J connectivity index is 0.946. The minimum Gasteiger partial charge on any atom is -0.0599 e. The first kappa shape index (κ1) is 36.8. The van der Waals surface area contributed by atoms with Crippen LogP contribution in [0, 0.1) is 0 Å². The normalized spacial score (nSPS) is 14.6. The van der Waals surface area contributed by atoms with Crippen LogP contribution in [0.1, 0.15) is 0 Å². The van der Waals surface area contributed by atoms with Crippen LogP contribution in [0.25, 0.3) is 72.0 Å². The SMILES string of the molecule is C[Si]1(C)c2ccccc2-c2cc(-n3c4ccccc4c4cc(-c5ccc(N(c6ccc(-c7ccccc7)cc6)c6ccc7c(c6)-c6ccccc6[SiH-]7(C)C)cc5)ccc43)ccc21. The number of nitrogens with zero attached hydrogens (tertiary/aromatic N) is 2. The molecule has 0 saturated heterocycles.